The maximum absolute atomic E-state index is 11.2. The monoisotopic (exact) mass is 276 g/mol. The summed E-state index contributed by atoms with van der Waals surface area (Å²) in [5.74, 6) is 0.217. The van der Waals surface area contributed by atoms with Crippen molar-refractivity contribution in [3.63, 3.8) is 0 Å². The third kappa shape index (κ3) is 2.62. The Kier molecular flexibility index (Phi) is 3.99. The van der Waals surface area contributed by atoms with E-state index < -0.39 is 4.92 Å². The summed E-state index contributed by atoms with van der Waals surface area (Å²) in [6.45, 7) is 0.422. The van der Waals surface area contributed by atoms with Gasteiger partial charge in [-0.1, -0.05) is 0 Å². The molecule has 0 spiro atoms. The molecule has 2 rings (SSSR count). The van der Waals surface area contributed by atoms with Crippen molar-refractivity contribution in [3.8, 4) is 17.0 Å². The minimum atomic E-state index is -0.453. The molecule has 0 saturated heterocycles. The van der Waals surface area contributed by atoms with E-state index in [1.54, 1.807) is 24.0 Å². The van der Waals surface area contributed by atoms with Crippen molar-refractivity contribution in [1.82, 2.24) is 9.78 Å². The topological polar surface area (TPSA) is 96.2 Å². The van der Waals surface area contributed by atoms with Gasteiger partial charge in [0.1, 0.15) is 0 Å². The number of aryl methyl sites for hydroxylation is 1. The molecule has 0 radical (unpaired) electrons. The van der Waals surface area contributed by atoms with Crippen molar-refractivity contribution in [3.05, 3.63) is 40.1 Å². The molecule has 1 heterocycles. The number of benzene rings is 1. The zero-order valence-corrected chi connectivity index (χ0v) is 11.4. The summed E-state index contributed by atoms with van der Waals surface area (Å²) in [5.41, 5.74) is 7.48. The molecule has 0 saturated carbocycles. The molecule has 2 aromatic rings. The fourth-order valence-electron chi connectivity index (χ4n) is 2.08. The standard InChI is InChI=1S/C13H16N4O3/c1-16-6-4-11(15-16)10-7-9(3-5-14)8-12(17(18)19)13(10)20-2/h4,6-8H,3,5,14H2,1-2H3. The molecule has 0 bridgehead atoms. The molecule has 0 atom stereocenters. The van der Waals surface area contributed by atoms with Crippen LogP contribution in [0.3, 0.4) is 0 Å². The van der Waals surface area contributed by atoms with Crippen molar-refractivity contribution in [1.29, 1.82) is 0 Å². The Morgan fingerprint density at radius 2 is 2.25 bits per heavy atom. The predicted molar refractivity (Wildman–Crippen MR) is 74.6 cm³/mol. The van der Waals surface area contributed by atoms with Crippen molar-refractivity contribution in [2.75, 3.05) is 13.7 Å². The van der Waals surface area contributed by atoms with Gasteiger partial charge in [0, 0.05) is 19.3 Å². The Morgan fingerprint density at radius 3 is 2.75 bits per heavy atom. The molecule has 7 heteroatoms. The van der Waals surface area contributed by atoms with E-state index in [9.17, 15) is 10.1 Å². The molecule has 1 aromatic heterocycles. The minimum absolute atomic E-state index is 0.0703. The number of hydrogen-bond donors (Lipinski definition) is 1. The first kappa shape index (κ1) is 14.0. The highest BCUT2D eigenvalue weighted by Crippen LogP contribution is 2.38. The summed E-state index contributed by atoms with van der Waals surface area (Å²) in [7, 11) is 3.20. The van der Waals surface area contributed by atoms with Crippen molar-refractivity contribution < 1.29 is 9.66 Å². The molecule has 0 aliphatic carbocycles. The van der Waals surface area contributed by atoms with Gasteiger partial charge < -0.3 is 10.5 Å². The Labute approximate surface area is 116 Å². The number of nitro groups is 1. The first-order valence-corrected chi connectivity index (χ1v) is 6.12. The normalized spacial score (nSPS) is 10.6. The lowest BCUT2D eigenvalue weighted by molar-refractivity contribution is -0.385. The number of methoxy groups -OCH3 is 1. The molecule has 0 unspecified atom stereocenters. The van der Waals surface area contributed by atoms with Crippen molar-refractivity contribution in [2.45, 2.75) is 6.42 Å². The van der Waals surface area contributed by atoms with E-state index >= 15 is 0 Å². The van der Waals surface area contributed by atoms with E-state index in [4.69, 9.17) is 10.5 Å². The maximum atomic E-state index is 11.2. The van der Waals surface area contributed by atoms with Crippen LogP contribution in [0.4, 0.5) is 5.69 Å². The van der Waals surface area contributed by atoms with Gasteiger partial charge in [-0.25, -0.2) is 0 Å². The zero-order valence-electron chi connectivity index (χ0n) is 11.4. The van der Waals surface area contributed by atoms with Crippen LogP contribution in [0.25, 0.3) is 11.3 Å². The van der Waals surface area contributed by atoms with E-state index in [1.807, 2.05) is 6.07 Å². The number of nitrogens with zero attached hydrogens (tertiary/aromatic N) is 3. The molecule has 106 valence electrons. The fourth-order valence-corrected chi connectivity index (χ4v) is 2.08. The summed E-state index contributed by atoms with van der Waals surface area (Å²) in [5, 5.41) is 15.5. The first-order valence-electron chi connectivity index (χ1n) is 6.12. The van der Waals surface area contributed by atoms with Crippen LogP contribution in [-0.4, -0.2) is 28.4 Å². The third-order valence-electron chi connectivity index (χ3n) is 2.95. The van der Waals surface area contributed by atoms with Crippen LogP contribution < -0.4 is 10.5 Å². The highest BCUT2D eigenvalue weighted by molar-refractivity contribution is 5.74. The Balaban J connectivity index is 2.66. The molecular formula is C13H16N4O3. The largest absolute Gasteiger partial charge is 0.490 e. The van der Waals surface area contributed by atoms with Crippen LogP contribution in [0.5, 0.6) is 5.75 Å². The van der Waals surface area contributed by atoms with Gasteiger partial charge in [0.15, 0.2) is 0 Å². The van der Waals surface area contributed by atoms with Crippen LogP contribution in [0.1, 0.15) is 5.56 Å². The lowest BCUT2D eigenvalue weighted by Crippen LogP contribution is -2.05. The van der Waals surface area contributed by atoms with E-state index in [-0.39, 0.29) is 11.4 Å². The summed E-state index contributed by atoms with van der Waals surface area (Å²) in [6, 6.07) is 5.12. The van der Waals surface area contributed by atoms with Crippen LogP contribution in [0.2, 0.25) is 0 Å². The van der Waals surface area contributed by atoms with E-state index in [2.05, 4.69) is 5.10 Å². The van der Waals surface area contributed by atoms with Crippen LogP contribution in [-0.2, 0) is 13.5 Å². The third-order valence-corrected chi connectivity index (χ3v) is 2.95. The van der Waals surface area contributed by atoms with Gasteiger partial charge in [-0.2, -0.15) is 5.10 Å². The van der Waals surface area contributed by atoms with Crippen LogP contribution in [0.15, 0.2) is 24.4 Å². The van der Waals surface area contributed by atoms with Crippen molar-refractivity contribution >= 4 is 5.69 Å². The smallest absolute Gasteiger partial charge is 0.311 e. The lowest BCUT2D eigenvalue weighted by Gasteiger charge is -2.09. The highest BCUT2D eigenvalue weighted by atomic mass is 16.6. The molecule has 0 aliphatic heterocycles. The van der Waals surface area contributed by atoms with Crippen LogP contribution >= 0.6 is 0 Å². The molecule has 7 nitrogen and oxygen atoms in total. The van der Waals surface area contributed by atoms with Gasteiger partial charge in [-0.15, -0.1) is 0 Å². The summed E-state index contributed by atoms with van der Waals surface area (Å²) in [4.78, 5) is 10.7. The van der Waals surface area contributed by atoms with E-state index in [0.29, 0.717) is 24.2 Å². The summed E-state index contributed by atoms with van der Waals surface area (Å²) in [6.07, 6.45) is 2.33. The molecule has 0 fully saturated rings. The number of aromatic nitrogens is 2. The van der Waals surface area contributed by atoms with Crippen LogP contribution in [0, 0.1) is 10.1 Å². The quantitative estimate of drug-likeness (QED) is 0.659. The molecule has 0 amide bonds. The number of nitrogens with two attached hydrogens (primary N) is 1. The second kappa shape index (κ2) is 5.70. The van der Waals surface area contributed by atoms with Gasteiger partial charge in [-0.3, -0.25) is 14.8 Å². The Morgan fingerprint density at radius 1 is 1.50 bits per heavy atom. The van der Waals surface area contributed by atoms with Gasteiger partial charge in [0.2, 0.25) is 5.75 Å². The Hall–Kier alpha value is -2.41. The lowest BCUT2D eigenvalue weighted by atomic mass is 10.0. The summed E-state index contributed by atoms with van der Waals surface area (Å²) < 4.78 is 6.85. The predicted octanol–water partition coefficient (Wildman–Crippen LogP) is 1.51. The number of hydrogen-bond acceptors (Lipinski definition) is 5. The first-order chi connectivity index (χ1) is 9.56. The Bertz CT molecular complexity index is 637. The average molecular weight is 276 g/mol. The number of ether oxygens (including phenoxy) is 1. The molecular weight excluding hydrogens is 260 g/mol. The maximum Gasteiger partial charge on any atom is 0.311 e. The minimum Gasteiger partial charge on any atom is -0.490 e. The van der Waals surface area contributed by atoms with Gasteiger partial charge in [-0.05, 0) is 30.7 Å². The number of nitro benzene ring substituents is 1. The second-order valence-corrected chi connectivity index (χ2v) is 4.37. The number of rotatable bonds is 5. The zero-order chi connectivity index (χ0) is 14.7. The van der Waals surface area contributed by atoms with Gasteiger partial charge in [0.25, 0.3) is 0 Å². The highest BCUT2D eigenvalue weighted by Gasteiger charge is 2.22. The SMILES string of the molecule is COc1c(-c2ccn(C)n2)cc(CCN)cc1[N+](=O)[O-]. The molecule has 0 aliphatic rings. The second-order valence-electron chi connectivity index (χ2n) is 4.37. The van der Waals surface area contributed by atoms with Gasteiger partial charge >= 0.3 is 5.69 Å². The molecule has 2 N–H and O–H groups in total. The van der Waals surface area contributed by atoms with Crippen molar-refractivity contribution in [2.24, 2.45) is 12.8 Å². The molecule has 20 heavy (non-hydrogen) atoms. The molecule has 1 aromatic carbocycles. The fraction of sp³-hybridized carbons (Fsp3) is 0.308. The van der Waals surface area contributed by atoms with E-state index in [1.165, 1.54) is 13.2 Å². The average Bonchev–Trinajstić information content (AvgIpc) is 2.84. The summed E-state index contributed by atoms with van der Waals surface area (Å²) >= 11 is 0. The van der Waals surface area contributed by atoms with E-state index in [0.717, 1.165) is 5.56 Å². The van der Waals surface area contributed by atoms with Gasteiger partial charge in [0.05, 0.1) is 23.3 Å².